The molecular weight excluding hydrogens is 562 g/mol. The maximum atomic E-state index is 13.0. The average Bonchev–Trinajstić information content (AvgIpc) is 3.28. The number of ether oxygens (including phenoxy) is 5. The van der Waals surface area contributed by atoms with Gasteiger partial charge in [-0.1, -0.05) is 11.2 Å². The highest BCUT2D eigenvalue weighted by Crippen LogP contribution is 2.32. The van der Waals surface area contributed by atoms with Crippen LogP contribution in [0.25, 0.3) is 10.4 Å². The normalized spacial score (nSPS) is 16.9. The Morgan fingerprint density at radius 3 is 2.07 bits per heavy atom. The van der Waals surface area contributed by atoms with Gasteiger partial charge < -0.3 is 28.6 Å². The molecule has 0 aliphatic carbocycles. The summed E-state index contributed by atoms with van der Waals surface area (Å²) in [5.41, 5.74) is 8.73. The number of rotatable bonds is 20. The van der Waals surface area contributed by atoms with Crippen molar-refractivity contribution in [2.24, 2.45) is 5.11 Å². The van der Waals surface area contributed by atoms with Crippen molar-refractivity contribution in [2.45, 2.75) is 30.3 Å². The van der Waals surface area contributed by atoms with Gasteiger partial charge in [-0.05, 0) is 24.1 Å². The summed E-state index contributed by atoms with van der Waals surface area (Å²) in [6.07, 6.45) is 0.312. The first kappa shape index (κ1) is 32.4. The van der Waals surface area contributed by atoms with Gasteiger partial charge in [-0.3, -0.25) is 19.7 Å². The molecule has 2 heterocycles. The molecule has 1 aromatic carbocycles. The number of nitrogens with one attached hydrogen (secondary N) is 1. The van der Waals surface area contributed by atoms with Gasteiger partial charge in [-0.2, -0.15) is 0 Å². The Labute approximate surface area is 237 Å². The summed E-state index contributed by atoms with van der Waals surface area (Å²) in [6, 6.07) is 3.68. The second-order valence-corrected chi connectivity index (χ2v) is 11.1. The Kier molecular flexibility index (Phi) is 13.4. The smallest absolute Gasteiger partial charge is 0.255 e. The largest absolute Gasteiger partial charge is 0.379 e. The third-order valence-corrected chi connectivity index (χ3v) is 8.01. The van der Waals surface area contributed by atoms with E-state index in [1.807, 2.05) is 0 Å². The highest BCUT2D eigenvalue weighted by atomic mass is 32.2. The van der Waals surface area contributed by atoms with Gasteiger partial charge in [-0.15, -0.1) is 0 Å². The number of hydrogen-bond donors (Lipinski definition) is 1. The SMILES string of the molecule is [N-]=[N+]=NCCOCCOCCOCCOCCOCCS(=O)(=O)c1cccc2c1CN(C1CCC(=O)NC1=O)C2=O. The molecule has 0 radical (unpaired) electrons. The number of imide groups is 1. The van der Waals surface area contributed by atoms with Crippen LogP contribution in [0.15, 0.2) is 28.2 Å². The van der Waals surface area contributed by atoms with Gasteiger partial charge in [0.2, 0.25) is 11.8 Å². The molecule has 2 aliphatic heterocycles. The zero-order valence-electron chi connectivity index (χ0n) is 22.7. The molecule has 0 bridgehead atoms. The van der Waals surface area contributed by atoms with E-state index in [0.717, 1.165) is 0 Å². The third-order valence-electron chi connectivity index (χ3n) is 6.26. The fraction of sp³-hybridized carbons (Fsp3) is 0.640. The predicted molar refractivity (Wildman–Crippen MR) is 143 cm³/mol. The minimum Gasteiger partial charge on any atom is -0.379 e. The fourth-order valence-corrected chi connectivity index (χ4v) is 5.65. The van der Waals surface area contributed by atoms with Crippen LogP contribution in [0.1, 0.15) is 28.8 Å². The molecule has 0 aromatic heterocycles. The zero-order chi connectivity index (χ0) is 29.5. The van der Waals surface area contributed by atoms with Crippen molar-refractivity contribution in [3.63, 3.8) is 0 Å². The Balaban J connectivity index is 1.27. The number of carbonyl (C=O) groups excluding carboxylic acids is 3. The van der Waals surface area contributed by atoms with E-state index < -0.39 is 33.6 Å². The van der Waals surface area contributed by atoms with Crippen LogP contribution in [0.5, 0.6) is 0 Å². The number of azide groups is 1. The second-order valence-electron chi connectivity index (χ2n) is 9.02. The number of piperidine rings is 1. The number of sulfone groups is 1. The third kappa shape index (κ3) is 10.0. The number of amides is 3. The minimum atomic E-state index is -3.76. The van der Waals surface area contributed by atoms with Crippen LogP contribution in [0.3, 0.4) is 0 Å². The van der Waals surface area contributed by atoms with Gasteiger partial charge in [0, 0.05) is 35.5 Å². The van der Waals surface area contributed by atoms with Crippen molar-refractivity contribution < 1.29 is 46.5 Å². The minimum absolute atomic E-state index is 0.0205. The highest BCUT2D eigenvalue weighted by molar-refractivity contribution is 7.91. The molecule has 2 aliphatic rings. The van der Waals surface area contributed by atoms with Crippen LogP contribution in [-0.2, 0) is 49.7 Å². The lowest BCUT2D eigenvalue weighted by molar-refractivity contribution is -0.136. The standard InChI is InChI=1S/C25H35N5O10S/c26-29-27-6-7-36-8-9-37-10-11-38-12-13-39-14-15-40-16-17-41(34,35)22-3-1-2-19-20(22)18-30(25(19)33)21-4-5-23(31)28-24(21)32/h1-3,21H,4-18H2,(H,28,31,32). The van der Waals surface area contributed by atoms with Crippen LogP contribution in [0, 0.1) is 0 Å². The molecule has 1 N–H and O–H groups in total. The van der Waals surface area contributed by atoms with Gasteiger partial charge in [-0.25, -0.2) is 8.42 Å². The van der Waals surface area contributed by atoms with Crippen molar-refractivity contribution >= 4 is 27.6 Å². The van der Waals surface area contributed by atoms with Gasteiger partial charge in [0.05, 0.1) is 76.7 Å². The number of benzene rings is 1. The maximum Gasteiger partial charge on any atom is 0.255 e. The molecule has 41 heavy (non-hydrogen) atoms. The number of nitrogens with zero attached hydrogens (tertiary/aromatic N) is 4. The number of fused-ring (bicyclic) bond motifs is 1. The Bertz CT molecular complexity index is 1210. The summed E-state index contributed by atoms with van der Waals surface area (Å²) in [7, 11) is -3.76. The Hall–Kier alpha value is -3.11. The molecular formula is C25H35N5O10S. The lowest BCUT2D eigenvalue weighted by Gasteiger charge is -2.29. The number of carbonyl (C=O) groups is 3. The number of hydrogen-bond acceptors (Lipinski definition) is 11. The predicted octanol–water partition coefficient (Wildman–Crippen LogP) is 0.615. The van der Waals surface area contributed by atoms with E-state index in [9.17, 15) is 22.8 Å². The summed E-state index contributed by atoms with van der Waals surface area (Å²) in [6.45, 7) is 3.37. The topological polar surface area (TPSA) is 196 Å². The van der Waals surface area contributed by atoms with Crippen molar-refractivity contribution in [1.29, 1.82) is 0 Å². The highest BCUT2D eigenvalue weighted by Gasteiger charge is 2.41. The quantitative estimate of drug-likeness (QED) is 0.0731. The van der Waals surface area contributed by atoms with Gasteiger partial charge in [0.15, 0.2) is 9.84 Å². The van der Waals surface area contributed by atoms with Crippen molar-refractivity contribution in [3.8, 4) is 0 Å². The van der Waals surface area contributed by atoms with Gasteiger partial charge in [0.25, 0.3) is 5.91 Å². The molecule has 1 atom stereocenters. The lowest BCUT2D eigenvalue weighted by atomic mass is 10.0. The van der Waals surface area contributed by atoms with E-state index in [4.69, 9.17) is 29.2 Å². The van der Waals surface area contributed by atoms with Gasteiger partial charge >= 0.3 is 0 Å². The van der Waals surface area contributed by atoms with E-state index in [1.54, 1.807) is 6.07 Å². The van der Waals surface area contributed by atoms with Crippen molar-refractivity contribution in [2.75, 3.05) is 78.4 Å². The van der Waals surface area contributed by atoms with Crippen LogP contribution in [0.2, 0.25) is 0 Å². The molecule has 3 rings (SSSR count). The molecule has 1 unspecified atom stereocenters. The van der Waals surface area contributed by atoms with Crippen molar-refractivity contribution in [3.05, 3.63) is 39.8 Å². The first-order valence-electron chi connectivity index (χ1n) is 13.2. The van der Waals surface area contributed by atoms with E-state index in [0.29, 0.717) is 51.8 Å². The average molecular weight is 598 g/mol. The molecule has 1 aromatic rings. The van der Waals surface area contributed by atoms with E-state index in [1.165, 1.54) is 17.0 Å². The summed E-state index contributed by atoms with van der Waals surface area (Å²) in [4.78, 5) is 40.6. The first-order chi connectivity index (χ1) is 19.8. The molecule has 226 valence electrons. The first-order valence-corrected chi connectivity index (χ1v) is 14.9. The zero-order valence-corrected chi connectivity index (χ0v) is 23.5. The molecule has 0 saturated carbocycles. The summed E-state index contributed by atoms with van der Waals surface area (Å²) in [5.74, 6) is -1.65. The van der Waals surface area contributed by atoms with Crippen LogP contribution in [0.4, 0.5) is 0 Å². The summed E-state index contributed by atoms with van der Waals surface area (Å²) < 4.78 is 52.8. The fourth-order valence-electron chi connectivity index (χ4n) is 4.26. The lowest BCUT2D eigenvalue weighted by Crippen LogP contribution is -2.52. The molecule has 15 nitrogen and oxygen atoms in total. The van der Waals surface area contributed by atoms with Gasteiger partial charge in [0.1, 0.15) is 6.04 Å². The van der Waals surface area contributed by atoms with Crippen molar-refractivity contribution in [1.82, 2.24) is 10.2 Å². The van der Waals surface area contributed by atoms with E-state index in [-0.39, 0.29) is 62.0 Å². The molecule has 16 heteroatoms. The van der Waals surface area contributed by atoms with E-state index in [2.05, 4.69) is 15.3 Å². The molecule has 1 saturated heterocycles. The summed E-state index contributed by atoms with van der Waals surface area (Å²) >= 11 is 0. The Morgan fingerprint density at radius 1 is 0.902 bits per heavy atom. The second kappa shape index (κ2) is 17.0. The van der Waals surface area contributed by atoms with Crippen LogP contribution in [-0.4, -0.2) is 115 Å². The molecule has 1 fully saturated rings. The maximum absolute atomic E-state index is 13.0. The van der Waals surface area contributed by atoms with Crippen LogP contribution < -0.4 is 5.32 Å². The Morgan fingerprint density at radius 2 is 1.49 bits per heavy atom. The monoisotopic (exact) mass is 597 g/mol. The molecule has 0 spiro atoms. The van der Waals surface area contributed by atoms with E-state index >= 15 is 0 Å². The van der Waals surface area contributed by atoms with Crippen LogP contribution >= 0.6 is 0 Å². The molecule has 3 amide bonds. The summed E-state index contributed by atoms with van der Waals surface area (Å²) in [5, 5.41) is 5.58.